The van der Waals surface area contributed by atoms with Crippen LogP contribution in [0.25, 0.3) is 17.5 Å². The van der Waals surface area contributed by atoms with Crippen LogP contribution in [0.3, 0.4) is 0 Å². The van der Waals surface area contributed by atoms with Gasteiger partial charge in [-0.05, 0) is 29.7 Å². The fourth-order valence-electron chi connectivity index (χ4n) is 3.26. The summed E-state index contributed by atoms with van der Waals surface area (Å²) in [6.45, 7) is 4.27. The van der Waals surface area contributed by atoms with Crippen molar-refractivity contribution in [2.75, 3.05) is 0 Å². The zero-order valence-corrected chi connectivity index (χ0v) is 15.4. The molecule has 27 heavy (non-hydrogen) atoms. The van der Waals surface area contributed by atoms with Crippen molar-refractivity contribution in [3.05, 3.63) is 77.2 Å². The van der Waals surface area contributed by atoms with Crippen molar-refractivity contribution < 1.29 is 9.32 Å². The number of carbonyl (C=O) groups is 1. The van der Waals surface area contributed by atoms with E-state index in [1.54, 1.807) is 23.1 Å². The Morgan fingerprint density at radius 1 is 1.26 bits per heavy atom. The number of halogens is 1. The Bertz CT molecular complexity index is 981. The number of benzene rings is 2. The zero-order chi connectivity index (χ0) is 18.8. The van der Waals surface area contributed by atoms with Crippen LogP contribution >= 0.6 is 11.6 Å². The second-order valence-electron chi connectivity index (χ2n) is 6.49. The summed E-state index contributed by atoms with van der Waals surface area (Å²) in [6, 6.07) is 15.1. The van der Waals surface area contributed by atoms with Crippen molar-refractivity contribution in [1.29, 1.82) is 0 Å². The van der Waals surface area contributed by atoms with Crippen LogP contribution in [0.4, 0.5) is 0 Å². The van der Waals surface area contributed by atoms with Crippen molar-refractivity contribution in [3.8, 4) is 11.4 Å². The van der Waals surface area contributed by atoms with E-state index in [-0.39, 0.29) is 11.9 Å². The topological polar surface area (TPSA) is 59.2 Å². The minimum absolute atomic E-state index is 0.0929. The third kappa shape index (κ3) is 3.64. The minimum Gasteiger partial charge on any atom is -0.337 e. The Morgan fingerprint density at radius 2 is 2.07 bits per heavy atom. The lowest BCUT2D eigenvalue weighted by atomic mass is 10.1. The number of rotatable bonds is 5. The maximum Gasteiger partial charge on any atom is 0.249 e. The first-order chi connectivity index (χ1) is 13.1. The Kier molecular flexibility index (Phi) is 4.77. The first-order valence-corrected chi connectivity index (χ1v) is 9.12. The maximum absolute atomic E-state index is 12.4. The summed E-state index contributed by atoms with van der Waals surface area (Å²) >= 11 is 6.04. The number of nitrogens with zero attached hydrogens (tertiary/aromatic N) is 3. The predicted molar refractivity (Wildman–Crippen MR) is 104 cm³/mol. The van der Waals surface area contributed by atoms with E-state index >= 15 is 0 Å². The van der Waals surface area contributed by atoms with Crippen LogP contribution in [0, 0.1) is 0 Å². The molecule has 1 atom stereocenters. The molecule has 1 aliphatic rings. The Balaban J connectivity index is 1.56. The third-order valence-electron chi connectivity index (χ3n) is 4.71. The predicted octanol–water partition coefficient (Wildman–Crippen LogP) is 4.90. The maximum atomic E-state index is 12.4. The summed E-state index contributed by atoms with van der Waals surface area (Å²) in [5, 5.41) is 4.68. The van der Waals surface area contributed by atoms with Crippen LogP contribution in [-0.2, 0) is 11.3 Å². The lowest BCUT2D eigenvalue weighted by Crippen LogP contribution is -2.27. The van der Waals surface area contributed by atoms with E-state index in [1.165, 1.54) is 0 Å². The quantitative estimate of drug-likeness (QED) is 0.632. The number of hydrogen-bond donors (Lipinski definition) is 0. The number of carbonyl (C=O) groups excluding carboxylic acids is 1. The summed E-state index contributed by atoms with van der Waals surface area (Å²) < 4.78 is 5.48. The molecule has 1 amide bonds. The highest BCUT2D eigenvalue weighted by molar-refractivity contribution is 6.30. The largest absolute Gasteiger partial charge is 0.337 e. The standard InChI is InChI=1S/C21H18ClN3O2/c1-2-14-6-8-15(9-7-14)13-25-18(10-11-19(25)26)21-23-20(24-27-21)16-4-3-5-17(22)12-16/h2-9,12,18H,1,10-11,13H2. The lowest BCUT2D eigenvalue weighted by Gasteiger charge is -2.22. The average Bonchev–Trinajstić information content (AvgIpc) is 3.30. The summed E-state index contributed by atoms with van der Waals surface area (Å²) in [5.41, 5.74) is 2.88. The van der Waals surface area contributed by atoms with E-state index in [2.05, 4.69) is 16.7 Å². The fourth-order valence-corrected chi connectivity index (χ4v) is 3.45. The average molecular weight is 380 g/mol. The molecule has 1 aliphatic heterocycles. The minimum atomic E-state index is -0.211. The van der Waals surface area contributed by atoms with E-state index in [4.69, 9.17) is 16.1 Å². The van der Waals surface area contributed by atoms with Gasteiger partial charge >= 0.3 is 0 Å². The van der Waals surface area contributed by atoms with Gasteiger partial charge in [0.15, 0.2) is 0 Å². The van der Waals surface area contributed by atoms with Gasteiger partial charge in [-0.1, -0.05) is 65.8 Å². The van der Waals surface area contributed by atoms with Gasteiger partial charge in [0.25, 0.3) is 0 Å². The van der Waals surface area contributed by atoms with Crippen LogP contribution in [0.2, 0.25) is 5.02 Å². The Hall–Kier alpha value is -2.92. The molecule has 0 radical (unpaired) electrons. The highest BCUT2D eigenvalue weighted by atomic mass is 35.5. The van der Waals surface area contributed by atoms with E-state index in [0.717, 1.165) is 16.7 Å². The van der Waals surface area contributed by atoms with E-state index in [0.29, 0.717) is 36.1 Å². The molecule has 1 saturated heterocycles. The summed E-state index contributed by atoms with van der Waals surface area (Å²) in [5.74, 6) is 1.02. The molecular formula is C21H18ClN3O2. The molecule has 2 heterocycles. The summed E-state index contributed by atoms with van der Waals surface area (Å²) in [6.07, 6.45) is 2.94. The molecule has 2 aromatic carbocycles. The zero-order valence-electron chi connectivity index (χ0n) is 14.6. The van der Waals surface area contributed by atoms with Gasteiger partial charge in [0, 0.05) is 23.6 Å². The van der Waals surface area contributed by atoms with Gasteiger partial charge in [-0.3, -0.25) is 4.79 Å². The molecule has 0 N–H and O–H groups in total. The second kappa shape index (κ2) is 7.37. The number of aromatic nitrogens is 2. The number of likely N-dealkylation sites (tertiary alicyclic amines) is 1. The van der Waals surface area contributed by atoms with Crippen molar-refractivity contribution in [2.24, 2.45) is 0 Å². The fraction of sp³-hybridized carbons (Fsp3) is 0.190. The summed E-state index contributed by atoms with van der Waals surface area (Å²) in [4.78, 5) is 18.7. The molecule has 1 aromatic heterocycles. The van der Waals surface area contributed by atoms with Gasteiger partial charge in [0.05, 0.1) is 0 Å². The van der Waals surface area contributed by atoms with Crippen LogP contribution in [0.5, 0.6) is 0 Å². The number of amides is 1. The van der Waals surface area contributed by atoms with Crippen molar-refractivity contribution in [3.63, 3.8) is 0 Å². The number of hydrogen-bond acceptors (Lipinski definition) is 4. The Morgan fingerprint density at radius 3 is 2.81 bits per heavy atom. The van der Waals surface area contributed by atoms with Crippen LogP contribution < -0.4 is 0 Å². The SMILES string of the molecule is C=Cc1ccc(CN2C(=O)CCC2c2nc(-c3cccc(Cl)c3)no2)cc1. The Labute approximate surface area is 162 Å². The van der Waals surface area contributed by atoms with Crippen molar-refractivity contribution in [1.82, 2.24) is 15.0 Å². The van der Waals surface area contributed by atoms with E-state index in [1.807, 2.05) is 36.4 Å². The highest BCUT2D eigenvalue weighted by Crippen LogP contribution is 2.34. The first kappa shape index (κ1) is 17.5. The van der Waals surface area contributed by atoms with E-state index in [9.17, 15) is 4.79 Å². The monoisotopic (exact) mass is 379 g/mol. The van der Waals surface area contributed by atoms with Crippen LogP contribution in [-0.4, -0.2) is 20.9 Å². The van der Waals surface area contributed by atoms with Gasteiger partial charge < -0.3 is 9.42 Å². The van der Waals surface area contributed by atoms with Gasteiger partial charge in [-0.25, -0.2) is 0 Å². The molecule has 4 rings (SSSR count). The van der Waals surface area contributed by atoms with Crippen LogP contribution in [0.1, 0.15) is 35.9 Å². The van der Waals surface area contributed by atoms with Crippen molar-refractivity contribution in [2.45, 2.75) is 25.4 Å². The molecule has 0 aliphatic carbocycles. The third-order valence-corrected chi connectivity index (χ3v) is 4.94. The van der Waals surface area contributed by atoms with Gasteiger partial charge in [-0.2, -0.15) is 4.98 Å². The normalized spacial score (nSPS) is 16.7. The van der Waals surface area contributed by atoms with Gasteiger partial charge in [-0.15, -0.1) is 0 Å². The van der Waals surface area contributed by atoms with Gasteiger partial charge in [0.2, 0.25) is 17.6 Å². The highest BCUT2D eigenvalue weighted by Gasteiger charge is 2.36. The molecule has 6 heteroatoms. The molecular weight excluding hydrogens is 362 g/mol. The molecule has 1 unspecified atom stereocenters. The molecule has 5 nitrogen and oxygen atoms in total. The van der Waals surface area contributed by atoms with Crippen LogP contribution in [0.15, 0.2) is 59.6 Å². The molecule has 0 saturated carbocycles. The van der Waals surface area contributed by atoms with Crippen molar-refractivity contribution >= 4 is 23.6 Å². The molecule has 0 spiro atoms. The molecule has 136 valence electrons. The molecule has 3 aromatic rings. The smallest absolute Gasteiger partial charge is 0.249 e. The first-order valence-electron chi connectivity index (χ1n) is 8.74. The molecule has 0 bridgehead atoms. The second-order valence-corrected chi connectivity index (χ2v) is 6.92. The lowest BCUT2D eigenvalue weighted by molar-refractivity contribution is -0.129. The van der Waals surface area contributed by atoms with Gasteiger partial charge in [0.1, 0.15) is 6.04 Å². The molecule has 1 fully saturated rings. The van der Waals surface area contributed by atoms with E-state index < -0.39 is 0 Å². The summed E-state index contributed by atoms with van der Waals surface area (Å²) in [7, 11) is 0.